The molecule has 2 atom stereocenters. The summed E-state index contributed by atoms with van der Waals surface area (Å²) in [6, 6.07) is 18.7. The van der Waals surface area contributed by atoms with Gasteiger partial charge in [0, 0.05) is 6.42 Å². The molecule has 0 heterocycles. The van der Waals surface area contributed by atoms with Gasteiger partial charge in [-0.2, -0.15) is 0 Å². The molecule has 0 aliphatic heterocycles. The number of aliphatic hydroxyl groups excluding tert-OH is 2. The lowest BCUT2D eigenvalue weighted by Gasteiger charge is -2.06. The van der Waals surface area contributed by atoms with E-state index in [9.17, 15) is 10.2 Å². The zero-order valence-corrected chi connectivity index (χ0v) is 10.5. The topological polar surface area (TPSA) is 40.5 Å². The van der Waals surface area contributed by atoms with Crippen LogP contribution in [-0.2, 0) is 0 Å². The van der Waals surface area contributed by atoms with E-state index in [0.29, 0.717) is 6.42 Å². The molecule has 2 N–H and O–H groups in total. The monoisotopic (exact) mass is 252 g/mol. The highest BCUT2D eigenvalue weighted by Crippen LogP contribution is 2.16. The van der Waals surface area contributed by atoms with Crippen LogP contribution in [0.2, 0.25) is 0 Å². The molecule has 0 saturated carbocycles. The predicted molar refractivity (Wildman–Crippen MR) is 75.2 cm³/mol. The second-order valence-electron chi connectivity index (χ2n) is 4.26. The van der Waals surface area contributed by atoms with E-state index >= 15 is 0 Å². The smallest absolute Gasteiger partial charge is 0.140 e. The first-order valence-corrected chi connectivity index (χ1v) is 6.22. The van der Waals surface area contributed by atoms with Crippen molar-refractivity contribution in [1.29, 1.82) is 0 Å². The molecule has 2 nitrogen and oxygen atoms in total. The van der Waals surface area contributed by atoms with Gasteiger partial charge in [0.15, 0.2) is 0 Å². The Morgan fingerprint density at radius 1 is 0.789 bits per heavy atom. The van der Waals surface area contributed by atoms with Crippen molar-refractivity contribution in [2.45, 2.75) is 18.6 Å². The molecule has 0 fully saturated rings. The summed E-state index contributed by atoms with van der Waals surface area (Å²) in [6.45, 7) is 0. The summed E-state index contributed by atoms with van der Waals surface area (Å²) in [5.41, 5.74) is 1.61. The minimum atomic E-state index is -0.802. The number of rotatable bonds is 3. The maximum atomic E-state index is 9.92. The zero-order chi connectivity index (χ0) is 13.5. The molecule has 19 heavy (non-hydrogen) atoms. The normalized spacial score (nSPS) is 13.2. The van der Waals surface area contributed by atoms with Crippen LogP contribution in [0.4, 0.5) is 0 Å². The van der Waals surface area contributed by atoms with Crippen LogP contribution in [-0.4, -0.2) is 10.2 Å². The summed E-state index contributed by atoms with van der Waals surface area (Å²) < 4.78 is 0. The van der Waals surface area contributed by atoms with Gasteiger partial charge in [0.05, 0.1) is 6.10 Å². The zero-order valence-electron chi connectivity index (χ0n) is 10.5. The van der Waals surface area contributed by atoms with Crippen molar-refractivity contribution >= 4 is 0 Å². The van der Waals surface area contributed by atoms with E-state index in [4.69, 9.17) is 0 Å². The average molecular weight is 252 g/mol. The largest absolute Gasteiger partial charge is 0.387 e. The standard InChI is InChI=1S/C17H16O2/c18-16(14-8-3-1-4-9-14)12-7-13-17(19)15-10-5-2-6-11-15/h1-6,8-11,16-19H,12H2/t16-,17-/m1/s1. The molecule has 0 aromatic heterocycles. The summed E-state index contributed by atoms with van der Waals surface area (Å²) >= 11 is 0. The molecule has 0 radical (unpaired) electrons. The van der Waals surface area contributed by atoms with Crippen LogP contribution in [0.25, 0.3) is 0 Å². The summed E-state index contributed by atoms with van der Waals surface area (Å²) in [5, 5.41) is 19.8. The highest BCUT2D eigenvalue weighted by atomic mass is 16.3. The Kier molecular flexibility index (Phi) is 4.74. The highest BCUT2D eigenvalue weighted by molar-refractivity contribution is 5.25. The van der Waals surface area contributed by atoms with Gasteiger partial charge >= 0.3 is 0 Å². The third kappa shape index (κ3) is 3.96. The van der Waals surface area contributed by atoms with Crippen LogP contribution in [0.5, 0.6) is 0 Å². The Morgan fingerprint density at radius 2 is 1.32 bits per heavy atom. The van der Waals surface area contributed by atoms with Gasteiger partial charge in [-0.05, 0) is 11.1 Å². The lowest BCUT2D eigenvalue weighted by molar-refractivity contribution is 0.183. The molecule has 0 saturated heterocycles. The molecule has 2 heteroatoms. The van der Waals surface area contributed by atoms with Crippen LogP contribution < -0.4 is 0 Å². The molecule has 2 rings (SSSR count). The van der Waals surface area contributed by atoms with Gasteiger partial charge < -0.3 is 10.2 Å². The fourth-order valence-electron chi connectivity index (χ4n) is 1.76. The summed E-state index contributed by atoms with van der Waals surface area (Å²) in [6.07, 6.45) is -1.10. The molecule has 96 valence electrons. The number of aliphatic hydroxyl groups is 2. The van der Waals surface area contributed by atoms with E-state index in [1.165, 1.54) is 0 Å². The molecule has 0 aliphatic rings. The molecular formula is C17H16O2. The van der Waals surface area contributed by atoms with Gasteiger partial charge in [0.1, 0.15) is 6.10 Å². The summed E-state index contributed by atoms with van der Waals surface area (Å²) in [7, 11) is 0. The minimum Gasteiger partial charge on any atom is -0.387 e. The molecule has 0 bridgehead atoms. The van der Waals surface area contributed by atoms with Gasteiger partial charge in [-0.25, -0.2) is 0 Å². The molecule has 0 spiro atoms. The second-order valence-corrected chi connectivity index (χ2v) is 4.26. The first-order chi connectivity index (χ1) is 9.27. The fourth-order valence-corrected chi connectivity index (χ4v) is 1.76. The quantitative estimate of drug-likeness (QED) is 0.825. The number of hydrogen-bond acceptors (Lipinski definition) is 2. The van der Waals surface area contributed by atoms with E-state index in [0.717, 1.165) is 11.1 Å². The molecule has 2 aromatic carbocycles. The van der Waals surface area contributed by atoms with Gasteiger partial charge in [-0.15, -0.1) is 0 Å². The number of hydrogen-bond donors (Lipinski definition) is 2. The van der Waals surface area contributed by atoms with Crippen molar-refractivity contribution in [3.63, 3.8) is 0 Å². The molecule has 0 aliphatic carbocycles. The molecular weight excluding hydrogens is 236 g/mol. The van der Waals surface area contributed by atoms with Crippen molar-refractivity contribution in [1.82, 2.24) is 0 Å². The van der Waals surface area contributed by atoms with Crippen molar-refractivity contribution in [2.24, 2.45) is 0 Å². The highest BCUT2D eigenvalue weighted by Gasteiger charge is 2.05. The van der Waals surface area contributed by atoms with Crippen molar-refractivity contribution in [3.05, 3.63) is 71.8 Å². The molecule has 0 unspecified atom stereocenters. The van der Waals surface area contributed by atoms with E-state index in [2.05, 4.69) is 11.8 Å². The van der Waals surface area contributed by atoms with Gasteiger partial charge in [0.25, 0.3) is 0 Å². The minimum absolute atomic E-state index is 0.313. The first-order valence-electron chi connectivity index (χ1n) is 6.22. The van der Waals surface area contributed by atoms with Gasteiger partial charge in [-0.1, -0.05) is 72.5 Å². The van der Waals surface area contributed by atoms with Crippen LogP contribution >= 0.6 is 0 Å². The van der Waals surface area contributed by atoms with Crippen LogP contribution in [0, 0.1) is 11.8 Å². The Bertz CT molecular complexity index is 552. The molecule has 0 amide bonds. The van der Waals surface area contributed by atoms with Crippen molar-refractivity contribution < 1.29 is 10.2 Å². The third-order valence-corrected chi connectivity index (χ3v) is 2.83. The van der Waals surface area contributed by atoms with E-state index in [-0.39, 0.29) is 0 Å². The van der Waals surface area contributed by atoms with Crippen LogP contribution in [0.15, 0.2) is 60.7 Å². The van der Waals surface area contributed by atoms with E-state index in [1.54, 1.807) is 0 Å². The number of benzene rings is 2. The van der Waals surface area contributed by atoms with Gasteiger partial charge in [-0.3, -0.25) is 0 Å². The Morgan fingerprint density at radius 3 is 1.89 bits per heavy atom. The fraction of sp³-hybridized carbons (Fsp3) is 0.176. The third-order valence-electron chi connectivity index (χ3n) is 2.83. The van der Waals surface area contributed by atoms with Gasteiger partial charge in [0.2, 0.25) is 0 Å². The summed E-state index contributed by atoms with van der Waals surface area (Å²) in [4.78, 5) is 0. The van der Waals surface area contributed by atoms with Crippen LogP contribution in [0.1, 0.15) is 29.8 Å². The predicted octanol–water partition coefficient (Wildman–Crippen LogP) is 2.85. The molecule has 2 aromatic rings. The average Bonchev–Trinajstić information content (AvgIpc) is 2.49. The Balaban J connectivity index is 1.94. The van der Waals surface area contributed by atoms with Crippen LogP contribution in [0.3, 0.4) is 0 Å². The Hall–Kier alpha value is -2.08. The lowest BCUT2D eigenvalue weighted by Crippen LogP contribution is -1.96. The van der Waals surface area contributed by atoms with E-state index < -0.39 is 12.2 Å². The maximum absolute atomic E-state index is 9.92. The SMILES string of the molecule is O[C@H](C#CC[C@@H](O)c1ccccc1)c1ccccc1. The van der Waals surface area contributed by atoms with E-state index in [1.807, 2.05) is 60.7 Å². The Labute approximate surface area is 113 Å². The second kappa shape index (κ2) is 6.75. The summed E-state index contributed by atoms with van der Waals surface area (Å²) in [5.74, 6) is 5.58. The maximum Gasteiger partial charge on any atom is 0.140 e. The van der Waals surface area contributed by atoms with Crippen molar-refractivity contribution in [3.8, 4) is 11.8 Å². The lowest BCUT2D eigenvalue weighted by atomic mass is 10.1. The first kappa shape index (κ1) is 13.4. The van der Waals surface area contributed by atoms with Crippen molar-refractivity contribution in [2.75, 3.05) is 0 Å².